The monoisotopic (exact) mass is 123 g/mol. The van der Waals surface area contributed by atoms with Gasteiger partial charge in [-0.15, -0.1) is 12.4 Å². The Morgan fingerprint density at radius 1 is 1.71 bits per heavy atom. The molecule has 1 saturated carbocycles. The summed E-state index contributed by atoms with van der Waals surface area (Å²) in [7, 11) is 0. The minimum atomic E-state index is 0. The summed E-state index contributed by atoms with van der Waals surface area (Å²) in [6, 6.07) is 0.315. The van der Waals surface area contributed by atoms with Crippen molar-refractivity contribution in [3.05, 3.63) is 0 Å². The van der Waals surface area contributed by atoms with E-state index in [9.17, 15) is 0 Å². The average Bonchev–Trinajstić information content (AvgIpc) is 2.19. The highest BCUT2D eigenvalue weighted by Crippen LogP contribution is 2.25. The molecule has 0 spiro atoms. The molecule has 0 amide bonds. The van der Waals surface area contributed by atoms with Gasteiger partial charge in [-0.3, -0.25) is 0 Å². The largest absolute Gasteiger partial charge is 0.396 e. The van der Waals surface area contributed by atoms with Crippen molar-refractivity contribution in [3.8, 4) is 0 Å². The molecule has 0 aromatic rings. The van der Waals surface area contributed by atoms with Gasteiger partial charge in [-0.25, -0.2) is 0 Å². The Balaban J connectivity index is 0.000000360. The molecule has 2 nitrogen and oxygen atoms in total. The number of aliphatic hydroxyl groups excluding tert-OH is 1. The molecule has 3 heteroatoms. The van der Waals surface area contributed by atoms with Crippen molar-refractivity contribution in [1.82, 2.24) is 0 Å². The molecule has 0 radical (unpaired) electrons. The average molecular weight is 124 g/mol. The highest BCUT2D eigenvalue weighted by molar-refractivity contribution is 5.85. The van der Waals surface area contributed by atoms with Gasteiger partial charge in [0.15, 0.2) is 0 Å². The van der Waals surface area contributed by atoms with Crippen molar-refractivity contribution in [3.63, 3.8) is 0 Å². The van der Waals surface area contributed by atoms with Gasteiger partial charge in [-0.05, 0) is 12.3 Å². The van der Waals surface area contributed by atoms with Crippen LogP contribution in [0.15, 0.2) is 0 Å². The minimum Gasteiger partial charge on any atom is -0.396 e. The molecule has 0 heterocycles. The van der Waals surface area contributed by atoms with Crippen molar-refractivity contribution < 1.29 is 5.11 Å². The van der Waals surface area contributed by atoms with E-state index in [4.69, 9.17) is 10.8 Å². The normalized spacial score (nSPS) is 36.9. The quantitative estimate of drug-likeness (QED) is 0.505. The number of aliphatic hydroxyl groups is 1. The Morgan fingerprint density at radius 3 is 2.14 bits per heavy atom. The fourth-order valence-corrected chi connectivity index (χ4v) is 0.481. The van der Waals surface area contributed by atoms with Crippen molar-refractivity contribution >= 4 is 12.4 Å². The molecule has 1 aliphatic rings. The lowest BCUT2D eigenvalue weighted by atomic mass is 10.4. The van der Waals surface area contributed by atoms with Crippen LogP contribution in [0.25, 0.3) is 0 Å². The van der Waals surface area contributed by atoms with Gasteiger partial charge in [0.1, 0.15) is 0 Å². The summed E-state index contributed by atoms with van der Waals surface area (Å²) in [5.41, 5.74) is 5.32. The Morgan fingerprint density at radius 2 is 2.14 bits per heavy atom. The Labute approximate surface area is 49.1 Å². The molecule has 0 saturated heterocycles. The maximum Gasteiger partial charge on any atom is 0.0474 e. The SMILES string of the molecule is Cl.N[C@@H]1C[C@H]1CO. The smallest absolute Gasteiger partial charge is 0.0474 e. The van der Waals surface area contributed by atoms with E-state index in [1.807, 2.05) is 0 Å². The fraction of sp³-hybridized carbons (Fsp3) is 1.00. The molecular formula is C4H10ClNO. The van der Waals surface area contributed by atoms with E-state index in [0.717, 1.165) is 6.42 Å². The molecule has 1 fully saturated rings. The van der Waals surface area contributed by atoms with Crippen molar-refractivity contribution in [2.75, 3.05) is 6.61 Å². The molecule has 7 heavy (non-hydrogen) atoms. The summed E-state index contributed by atoms with van der Waals surface area (Å²) in [5, 5.41) is 8.30. The second-order valence-electron chi connectivity index (χ2n) is 1.84. The standard InChI is InChI=1S/C4H9NO.ClH/c5-4-1-3(4)2-6;/h3-4,6H,1-2,5H2;1H/t3-,4+;/m0./s1. The second kappa shape index (κ2) is 2.50. The maximum absolute atomic E-state index is 8.30. The summed E-state index contributed by atoms with van der Waals surface area (Å²) >= 11 is 0. The van der Waals surface area contributed by atoms with Gasteiger partial charge in [0.05, 0.1) is 0 Å². The van der Waals surface area contributed by atoms with Crippen LogP contribution in [0.2, 0.25) is 0 Å². The summed E-state index contributed by atoms with van der Waals surface area (Å²) in [5.74, 6) is 0.435. The third-order valence-electron chi connectivity index (χ3n) is 1.21. The lowest BCUT2D eigenvalue weighted by molar-refractivity contribution is 0.274. The number of hydrogen-bond donors (Lipinski definition) is 2. The van der Waals surface area contributed by atoms with E-state index >= 15 is 0 Å². The zero-order valence-corrected chi connectivity index (χ0v) is 4.82. The zero-order valence-electron chi connectivity index (χ0n) is 4.00. The lowest BCUT2D eigenvalue weighted by Crippen LogP contribution is -2.03. The predicted molar refractivity (Wildman–Crippen MR) is 30.4 cm³/mol. The van der Waals surface area contributed by atoms with Crippen LogP contribution in [0.5, 0.6) is 0 Å². The number of nitrogens with two attached hydrogens (primary N) is 1. The molecule has 44 valence electrons. The first-order chi connectivity index (χ1) is 2.84. The van der Waals surface area contributed by atoms with Gasteiger partial charge < -0.3 is 10.8 Å². The topological polar surface area (TPSA) is 46.2 Å². The molecule has 1 aliphatic carbocycles. The molecule has 0 bridgehead atoms. The molecule has 0 aromatic carbocycles. The van der Waals surface area contributed by atoms with Crippen LogP contribution in [-0.4, -0.2) is 17.8 Å². The highest BCUT2D eigenvalue weighted by Gasteiger charge is 2.31. The zero-order chi connectivity index (χ0) is 4.57. The van der Waals surface area contributed by atoms with Crippen LogP contribution in [0.4, 0.5) is 0 Å². The van der Waals surface area contributed by atoms with Gasteiger partial charge in [0.25, 0.3) is 0 Å². The molecule has 2 atom stereocenters. The molecule has 3 N–H and O–H groups in total. The van der Waals surface area contributed by atoms with Crippen molar-refractivity contribution in [2.45, 2.75) is 12.5 Å². The summed E-state index contributed by atoms with van der Waals surface area (Å²) in [6.45, 7) is 0.279. The summed E-state index contributed by atoms with van der Waals surface area (Å²) in [4.78, 5) is 0. The first kappa shape index (κ1) is 7.21. The Bertz CT molecular complexity index is 57.7. The first-order valence-corrected chi connectivity index (χ1v) is 2.21. The van der Waals surface area contributed by atoms with E-state index < -0.39 is 0 Å². The van der Waals surface area contributed by atoms with Crippen LogP contribution in [0, 0.1) is 5.92 Å². The fourth-order valence-electron chi connectivity index (χ4n) is 0.481. The van der Waals surface area contributed by atoms with Crippen LogP contribution in [0.3, 0.4) is 0 Å². The number of halogens is 1. The van der Waals surface area contributed by atoms with E-state index in [0.29, 0.717) is 12.0 Å². The molecular weight excluding hydrogens is 114 g/mol. The summed E-state index contributed by atoms with van der Waals surface area (Å²) < 4.78 is 0. The van der Waals surface area contributed by atoms with Crippen molar-refractivity contribution in [2.24, 2.45) is 11.7 Å². The number of rotatable bonds is 1. The van der Waals surface area contributed by atoms with Gasteiger partial charge in [-0.2, -0.15) is 0 Å². The van der Waals surface area contributed by atoms with Gasteiger partial charge in [-0.1, -0.05) is 0 Å². The second-order valence-corrected chi connectivity index (χ2v) is 1.84. The third kappa shape index (κ3) is 1.63. The minimum absolute atomic E-state index is 0. The van der Waals surface area contributed by atoms with E-state index in [1.54, 1.807) is 0 Å². The van der Waals surface area contributed by atoms with Crippen LogP contribution < -0.4 is 5.73 Å². The molecule has 1 rings (SSSR count). The third-order valence-corrected chi connectivity index (χ3v) is 1.21. The van der Waals surface area contributed by atoms with E-state index in [-0.39, 0.29) is 19.0 Å². The Hall–Kier alpha value is 0.210. The summed E-state index contributed by atoms with van der Waals surface area (Å²) in [6.07, 6.45) is 1.02. The Kier molecular flexibility index (Phi) is 2.58. The molecule has 0 unspecified atom stereocenters. The van der Waals surface area contributed by atoms with Crippen LogP contribution in [-0.2, 0) is 0 Å². The predicted octanol–water partition coefficient (Wildman–Crippen LogP) is -0.252. The van der Waals surface area contributed by atoms with Crippen LogP contribution in [0.1, 0.15) is 6.42 Å². The van der Waals surface area contributed by atoms with Gasteiger partial charge in [0.2, 0.25) is 0 Å². The van der Waals surface area contributed by atoms with Gasteiger partial charge in [0, 0.05) is 12.6 Å². The lowest BCUT2D eigenvalue weighted by Gasteiger charge is -1.79. The highest BCUT2D eigenvalue weighted by atomic mass is 35.5. The maximum atomic E-state index is 8.30. The van der Waals surface area contributed by atoms with E-state index in [2.05, 4.69) is 0 Å². The first-order valence-electron chi connectivity index (χ1n) is 2.21. The molecule has 0 aliphatic heterocycles. The van der Waals surface area contributed by atoms with Gasteiger partial charge >= 0.3 is 0 Å². The number of hydrogen-bond acceptors (Lipinski definition) is 2. The van der Waals surface area contributed by atoms with E-state index in [1.165, 1.54) is 0 Å². The van der Waals surface area contributed by atoms with Crippen LogP contribution >= 0.6 is 12.4 Å². The van der Waals surface area contributed by atoms with Crippen molar-refractivity contribution in [1.29, 1.82) is 0 Å². The molecule has 0 aromatic heterocycles.